The van der Waals surface area contributed by atoms with Crippen LogP contribution in [0.4, 0.5) is 0 Å². The SMILES string of the molecule is C=C1C=CC([N+](=O)[O-])=C1C(=O)O. The molecule has 1 N–H and O–H groups in total. The van der Waals surface area contributed by atoms with Crippen molar-refractivity contribution in [3.8, 4) is 0 Å². The Morgan fingerprint density at radius 2 is 2.17 bits per heavy atom. The summed E-state index contributed by atoms with van der Waals surface area (Å²) in [5.74, 6) is -1.32. The first kappa shape index (κ1) is 8.19. The van der Waals surface area contributed by atoms with Crippen molar-refractivity contribution >= 4 is 5.97 Å². The summed E-state index contributed by atoms with van der Waals surface area (Å²) in [5, 5.41) is 18.8. The van der Waals surface area contributed by atoms with E-state index in [-0.39, 0.29) is 11.1 Å². The number of nitrogens with zero attached hydrogens (tertiary/aromatic N) is 1. The molecule has 0 atom stereocenters. The minimum atomic E-state index is -1.32. The number of aliphatic carboxylic acids is 1. The number of hydrogen-bond donors (Lipinski definition) is 1. The highest BCUT2D eigenvalue weighted by molar-refractivity contribution is 5.95. The van der Waals surface area contributed by atoms with E-state index in [1.807, 2.05) is 0 Å². The second-order valence-corrected chi connectivity index (χ2v) is 2.18. The van der Waals surface area contributed by atoms with Crippen LogP contribution in [0.15, 0.2) is 35.6 Å². The van der Waals surface area contributed by atoms with Crippen LogP contribution in [0, 0.1) is 10.1 Å². The zero-order valence-corrected chi connectivity index (χ0v) is 5.98. The molecule has 1 rings (SSSR count). The molecule has 5 nitrogen and oxygen atoms in total. The summed E-state index contributed by atoms with van der Waals surface area (Å²) in [6.45, 7) is 3.36. The molecule has 0 aromatic carbocycles. The van der Waals surface area contributed by atoms with Gasteiger partial charge >= 0.3 is 5.97 Å². The molecule has 0 heterocycles. The van der Waals surface area contributed by atoms with E-state index >= 15 is 0 Å². The quantitative estimate of drug-likeness (QED) is 0.485. The van der Waals surface area contributed by atoms with Crippen molar-refractivity contribution in [3.63, 3.8) is 0 Å². The third-order valence-corrected chi connectivity index (χ3v) is 1.43. The van der Waals surface area contributed by atoms with Gasteiger partial charge in [0.1, 0.15) is 5.57 Å². The molecule has 0 aliphatic heterocycles. The van der Waals surface area contributed by atoms with Crippen molar-refractivity contribution in [2.75, 3.05) is 0 Å². The van der Waals surface area contributed by atoms with Gasteiger partial charge < -0.3 is 5.11 Å². The summed E-state index contributed by atoms with van der Waals surface area (Å²) in [7, 11) is 0. The molecule has 62 valence electrons. The Bertz CT molecular complexity index is 321. The lowest BCUT2D eigenvalue weighted by atomic mass is 10.1. The Hall–Kier alpha value is -1.91. The molecule has 0 saturated heterocycles. The van der Waals surface area contributed by atoms with Crippen molar-refractivity contribution in [3.05, 3.63) is 45.7 Å². The van der Waals surface area contributed by atoms with Crippen LogP contribution in [-0.4, -0.2) is 16.0 Å². The first-order valence-electron chi connectivity index (χ1n) is 3.03. The monoisotopic (exact) mass is 167 g/mol. The van der Waals surface area contributed by atoms with Crippen molar-refractivity contribution in [1.29, 1.82) is 0 Å². The molecule has 0 radical (unpaired) electrons. The zero-order valence-electron chi connectivity index (χ0n) is 5.98. The lowest BCUT2D eigenvalue weighted by Gasteiger charge is -1.94. The van der Waals surface area contributed by atoms with Gasteiger partial charge in [-0.2, -0.15) is 0 Å². The number of allylic oxidation sites excluding steroid dienone is 2. The Morgan fingerprint density at radius 1 is 1.58 bits per heavy atom. The van der Waals surface area contributed by atoms with Gasteiger partial charge in [-0.25, -0.2) is 4.79 Å². The van der Waals surface area contributed by atoms with E-state index in [1.54, 1.807) is 0 Å². The minimum absolute atomic E-state index is 0.161. The number of hydrogen-bond acceptors (Lipinski definition) is 3. The summed E-state index contributed by atoms with van der Waals surface area (Å²) in [4.78, 5) is 20.0. The number of rotatable bonds is 2. The van der Waals surface area contributed by atoms with Crippen molar-refractivity contribution < 1.29 is 14.8 Å². The summed E-state index contributed by atoms with van der Waals surface area (Å²) in [6.07, 6.45) is 2.44. The Morgan fingerprint density at radius 3 is 2.50 bits per heavy atom. The van der Waals surface area contributed by atoms with Crippen LogP contribution in [-0.2, 0) is 4.79 Å². The maximum absolute atomic E-state index is 10.5. The Balaban J connectivity index is 3.22. The fraction of sp³-hybridized carbons (Fsp3) is 0. The number of carboxylic acids is 1. The van der Waals surface area contributed by atoms with Crippen LogP contribution >= 0.6 is 0 Å². The first-order chi connectivity index (χ1) is 5.54. The van der Waals surface area contributed by atoms with E-state index in [9.17, 15) is 14.9 Å². The first-order valence-corrected chi connectivity index (χ1v) is 3.03. The highest BCUT2D eigenvalue weighted by atomic mass is 16.6. The summed E-state index contributed by atoms with van der Waals surface area (Å²) in [5.41, 5.74) is -0.582. The van der Waals surface area contributed by atoms with Gasteiger partial charge in [0, 0.05) is 6.08 Å². The van der Waals surface area contributed by atoms with Gasteiger partial charge in [0.2, 0.25) is 0 Å². The topological polar surface area (TPSA) is 80.4 Å². The van der Waals surface area contributed by atoms with Crippen LogP contribution in [0.1, 0.15) is 0 Å². The summed E-state index contributed by atoms with van der Waals surface area (Å²) < 4.78 is 0. The van der Waals surface area contributed by atoms with E-state index < -0.39 is 16.6 Å². The van der Waals surface area contributed by atoms with Gasteiger partial charge in [-0.05, 0) is 11.6 Å². The van der Waals surface area contributed by atoms with Crippen LogP contribution in [0.2, 0.25) is 0 Å². The maximum atomic E-state index is 10.5. The molecule has 0 unspecified atom stereocenters. The molecule has 0 aromatic heterocycles. The predicted octanol–water partition coefficient (Wildman–Crippen LogP) is 0.728. The highest BCUT2D eigenvalue weighted by Gasteiger charge is 2.27. The molecule has 0 saturated carbocycles. The number of nitro groups is 1. The predicted molar refractivity (Wildman–Crippen MR) is 39.9 cm³/mol. The van der Waals surface area contributed by atoms with Crippen LogP contribution in [0.3, 0.4) is 0 Å². The maximum Gasteiger partial charge on any atom is 0.343 e. The van der Waals surface area contributed by atoms with Gasteiger partial charge in [-0.1, -0.05) is 6.58 Å². The van der Waals surface area contributed by atoms with Crippen LogP contribution < -0.4 is 0 Å². The second-order valence-electron chi connectivity index (χ2n) is 2.18. The third kappa shape index (κ3) is 1.12. The zero-order chi connectivity index (χ0) is 9.30. The fourth-order valence-electron chi connectivity index (χ4n) is 0.910. The third-order valence-electron chi connectivity index (χ3n) is 1.43. The molecule has 1 aliphatic carbocycles. The minimum Gasteiger partial charge on any atom is -0.477 e. The summed E-state index contributed by atoms with van der Waals surface area (Å²) >= 11 is 0. The summed E-state index contributed by atoms with van der Waals surface area (Å²) in [6, 6.07) is 0. The van der Waals surface area contributed by atoms with Crippen LogP contribution in [0.5, 0.6) is 0 Å². The van der Waals surface area contributed by atoms with E-state index in [4.69, 9.17) is 5.11 Å². The van der Waals surface area contributed by atoms with E-state index in [0.29, 0.717) is 0 Å². The molecule has 0 fully saturated rings. The number of carboxylic acid groups (broad SMARTS) is 1. The van der Waals surface area contributed by atoms with Crippen molar-refractivity contribution in [1.82, 2.24) is 0 Å². The molecule has 12 heavy (non-hydrogen) atoms. The lowest BCUT2D eigenvalue weighted by Crippen LogP contribution is -2.06. The normalized spacial score (nSPS) is 15.5. The molecule has 0 bridgehead atoms. The largest absolute Gasteiger partial charge is 0.477 e. The van der Waals surface area contributed by atoms with Gasteiger partial charge in [0.15, 0.2) is 0 Å². The lowest BCUT2D eigenvalue weighted by molar-refractivity contribution is -0.419. The molecular weight excluding hydrogens is 162 g/mol. The molecule has 1 aliphatic rings. The molecule has 0 aromatic rings. The van der Waals surface area contributed by atoms with Gasteiger partial charge in [0.05, 0.1) is 4.92 Å². The average molecular weight is 167 g/mol. The molecular formula is C7H5NO4. The Kier molecular flexibility index (Phi) is 1.78. The second kappa shape index (κ2) is 2.61. The molecule has 0 amide bonds. The number of carbonyl (C=O) groups is 1. The van der Waals surface area contributed by atoms with Crippen LogP contribution in [0.25, 0.3) is 0 Å². The van der Waals surface area contributed by atoms with E-state index in [2.05, 4.69) is 6.58 Å². The van der Waals surface area contributed by atoms with Gasteiger partial charge in [0.25, 0.3) is 5.70 Å². The average Bonchev–Trinajstić information content (AvgIpc) is 2.30. The highest BCUT2D eigenvalue weighted by Crippen LogP contribution is 2.23. The van der Waals surface area contributed by atoms with E-state index in [0.717, 1.165) is 6.08 Å². The van der Waals surface area contributed by atoms with E-state index in [1.165, 1.54) is 6.08 Å². The molecule has 5 heteroatoms. The molecule has 0 spiro atoms. The smallest absolute Gasteiger partial charge is 0.343 e. The van der Waals surface area contributed by atoms with Gasteiger partial charge in [-0.15, -0.1) is 0 Å². The standard InChI is InChI=1S/C7H5NO4/c1-4-2-3-5(8(11)12)6(4)7(9)10/h2-3H,1H2,(H,9,10). The fourth-order valence-corrected chi connectivity index (χ4v) is 0.910. The van der Waals surface area contributed by atoms with Crippen molar-refractivity contribution in [2.24, 2.45) is 0 Å². The van der Waals surface area contributed by atoms with Gasteiger partial charge in [-0.3, -0.25) is 10.1 Å². The Labute approximate surface area is 67.5 Å². The van der Waals surface area contributed by atoms with Crippen molar-refractivity contribution in [2.45, 2.75) is 0 Å².